The van der Waals surface area contributed by atoms with Crippen molar-refractivity contribution in [3.05, 3.63) is 58.1 Å². The Hall–Kier alpha value is -1.08. The summed E-state index contributed by atoms with van der Waals surface area (Å²) < 4.78 is 1.16. The second-order valence-electron chi connectivity index (χ2n) is 3.85. The highest BCUT2D eigenvalue weighted by Crippen LogP contribution is 2.29. The van der Waals surface area contributed by atoms with Crippen LogP contribution in [-0.2, 0) is 0 Å². The van der Waals surface area contributed by atoms with Crippen LogP contribution in [0.5, 0.6) is 0 Å². The number of hydrogen-bond acceptors (Lipinski definition) is 0. The molecule has 0 aromatic heterocycles. The summed E-state index contributed by atoms with van der Waals surface area (Å²) in [6.07, 6.45) is 0. The lowest BCUT2D eigenvalue weighted by atomic mass is 10.0. The average Bonchev–Trinajstić information content (AvgIpc) is 2.17. The Morgan fingerprint density at radius 2 is 1.60 bits per heavy atom. The Morgan fingerprint density at radius 3 is 2.27 bits per heavy atom. The maximum absolute atomic E-state index is 3.61. The van der Waals surface area contributed by atoms with Crippen molar-refractivity contribution in [2.75, 3.05) is 0 Å². The van der Waals surface area contributed by atoms with Crippen molar-refractivity contribution in [3.63, 3.8) is 0 Å². The third-order valence-corrected chi connectivity index (χ3v) is 3.11. The van der Waals surface area contributed by atoms with E-state index in [0.29, 0.717) is 0 Å². The van der Waals surface area contributed by atoms with Gasteiger partial charge in [-0.05, 0) is 36.6 Å². The quantitative estimate of drug-likeness (QED) is 0.696. The third kappa shape index (κ3) is 2.29. The van der Waals surface area contributed by atoms with Gasteiger partial charge in [-0.3, -0.25) is 0 Å². The van der Waals surface area contributed by atoms with Crippen molar-refractivity contribution in [1.82, 2.24) is 0 Å². The Kier molecular flexibility index (Phi) is 2.92. The predicted octanol–water partition coefficient (Wildman–Crippen LogP) is 4.73. The molecule has 0 bridgehead atoms. The molecule has 0 N–H and O–H groups in total. The standard InChI is InChI=1S/C14H13Br/c1-10-4-3-5-12(8-10)13-7-6-11(2)9-14(13)15/h3-9H,1-2H3. The van der Waals surface area contributed by atoms with Crippen LogP contribution in [-0.4, -0.2) is 0 Å². The summed E-state index contributed by atoms with van der Waals surface area (Å²) in [5, 5.41) is 0. The van der Waals surface area contributed by atoms with Crippen LogP contribution in [0.4, 0.5) is 0 Å². The van der Waals surface area contributed by atoms with Crippen LogP contribution in [0.15, 0.2) is 46.9 Å². The lowest BCUT2D eigenvalue weighted by molar-refractivity contribution is 1.43. The number of halogens is 1. The Morgan fingerprint density at radius 1 is 0.867 bits per heavy atom. The van der Waals surface area contributed by atoms with Crippen molar-refractivity contribution >= 4 is 15.9 Å². The van der Waals surface area contributed by atoms with Crippen LogP contribution in [0.25, 0.3) is 11.1 Å². The van der Waals surface area contributed by atoms with E-state index in [2.05, 4.69) is 72.2 Å². The average molecular weight is 261 g/mol. The van der Waals surface area contributed by atoms with Gasteiger partial charge in [0.05, 0.1) is 0 Å². The van der Waals surface area contributed by atoms with Gasteiger partial charge in [0.25, 0.3) is 0 Å². The fourth-order valence-corrected chi connectivity index (χ4v) is 2.39. The summed E-state index contributed by atoms with van der Waals surface area (Å²) in [7, 11) is 0. The molecule has 0 heterocycles. The Bertz CT molecular complexity index is 486. The summed E-state index contributed by atoms with van der Waals surface area (Å²) >= 11 is 3.61. The molecule has 76 valence electrons. The molecule has 0 radical (unpaired) electrons. The van der Waals surface area contributed by atoms with Gasteiger partial charge in [0.2, 0.25) is 0 Å². The molecule has 0 atom stereocenters. The molecule has 2 aromatic carbocycles. The van der Waals surface area contributed by atoms with E-state index in [4.69, 9.17) is 0 Å². The molecule has 0 spiro atoms. The van der Waals surface area contributed by atoms with Crippen molar-refractivity contribution in [1.29, 1.82) is 0 Å². The molecule has 2 aromatic rings. The first kappa shape index (κ1) is 10.4. The highest BCUT2D eigenvalue weighted by Gasteiger charge is 2.02. The van der Waals surface area contributed by atoms with E-state index >= 15 is 0 Å². The molecule has 2 rings (SSSR count). The zero-order valence-electron chi connectivity index (χ0n) is 8.92. The van der Waals surface area contributed by atoms with Crippen LogP contribution in [0.1, 0.15) is 11.1 Å². The van der Waals surface area contributed by atoms with Gasteiger partial charge in [0.1, 0.15) is 0 Å². The Labute approximate surface area is 99.1 Å². The second kappa shape index (κ2) is 4.19. The molecule has 0 amide bonds. The maximum atomic E-state index is 3.61. The van der Waals surface area contributed by atoms with Crippen LogP contribution >= 0.6 is 15.9 Å². The zero-order valence-corrected chi connectivity index (χ0v) is 10.5. The van der Waals surface area contributed by atoms with E-state index in [-0.39, 0.29) is 0 Å². The third-order valence-electron chi connectivity index (χ3n) is 2.45. The number of rotatable bonds is 1. The molecule has 0 nitrogen and oxygen atoms in total. The number of benzene rings is 2. The van der Waals surface area contributed by atoms with Crippen molar-refractivity contribution in [3.8, 4) is 11.1 Å². The molecule has 0 unspecified atom stereocenters. The van der Waals surface area contributed by atoms with Crippen molar-refractivity contribution < 1.29 is 0 Å². The summed E-state index contributed by atoms with van der Waals surface area (Å²) in [5.41, 5.74) is 5.09. The first-order valence-electron chi connectivity index (χ1n) is 5.00. The molecular weight excluding hydrogens is 248 g/mol. The van der Waals surface area contributed by atoms with Crippen LogP contribution in [0.3, 0.4) is 0 Å². The van der Waals surface area contributed by atoms with E-state index < -0.39 is 0 Å². The molecule has 15 heavy (non-hydrogen) atoms. The molecular formula is C14H13Br. The lowest BCUT2D eigenvalue weighted by Crippen LogP contribution is -1.82. The molecule has 0 aliphatic rings. The van der Waals surface area contributed by atoms with E-state index in [1.807, 2.05) is 0 Å². The minimum Gasteiger partial charge on any atom is -0.0614 e. The molecule has 0 saturated carbocycles. The van der Waals surface area contributed by atoms with Gasteiger partial charge in [-0.2, -0.15) is 0 Å². The molecule has 0 fully saturated rings. The molecule has 1 heteroatoms. The largest absolute Gasteiger partial charge is 0.0614 e. The maximum Gasteiger partial charge on any atom is 0.0256 e. The zero-order chi connectivity index (χ0) is 10.8. The molecule has 0 saturated heterocycles. The van der Waals surface area contributed by atoms with Crippen molar-refractivity contribution in [2.24, 2.45) is 0 Å². The monoisotopic (exact) mass is 260 g/mol. The minimum atomic E-state index is 1.16. The summed E-state index contributed by atoms with van der Waals surface area (Å²) in [6.45, 7) is 4.22. The molecule has 0 aliphatic heterocycles. The fraction of sp³-hybridized carbons (Fsp3) is 0.143. The van der Waals surface area contributed by atoms with Crippen LogP contribution in [0.2, 0.25) is 0 Å². The summed E-state index contributed by atoms with van der Waals surface area (Å²) in [6, 6.07) is 15.0. The van der Waals surface area contributed by atoms with Crippen LogP contribution < -0.4 is 0 Å². The topological polar surface area (TPSA) is 0 Å². The van der Waals surface area contributed by atoms with Gasteiger partial charge in [0.15, 0.2) is 0 Å². The molecule has 0 aliphatic carbocycles. The van der Waals surface area contributed by atoms with E-state index in [1.54, 1.807) is 0 Å². The fourth-order valence-electron chi connectivity index (χ4n) is 1.67. The van der Waals surface area contributed by atoms with E-state index in [0.717, 1.165) is 4.47 Å². The highest BCUT2D eigenvalue weighted by molar-refractivity contribution is 9.10. The first-order chi connectivity index (χ1) is 7.16. The van der Waals surface area contributed by atoms with E-state index in [9.17, 15) is 0 Å². The number of hydrogen-bond donors (Lipinski definition) is 0. The SMILES string of the molecule is Cc1cccc(-c2ccc(C)cc2Br)c1. The predicted molar refractivity (Wildman–Crippen MR) is 69.1 cm³/mol. The normalized spacial score (nSPS) is 10.3. The Balaban J connectivity index is 2.54. The van der Waals surface area contributed by atoms with Gasteiger partial charge in [-0.1, -0.05) is 57.9 Å². The first-order valence-corrected chi connectivity index (χ1v) is 5.79. The van der Waals surface area contributed by atoms with Gasteiger partial charge >= 0.3 is 0 Å². The highest BCUT2D eigenvalue weighted by atomic mass is 79.9. The summed E-state index contributed by atoms with van der Waals surface area (Å²) in [5.74, 6) is 0. The lowest BCUT2D eigenvalue weighted by Gasteiger charge is -2.06. The van der Waals surface area contributed by atoms with Gasteiger partial charge in [-0.15, -0.1) is 0 Å². The summed E-state index contributed by atoms with van der Waals surface area (Å²) in [4.78, 5) is 0. The number of aryl methyl sites for hydroxylation is 2. The smallest absolute Gasteiger partial charge is 0.0256 e. The second-order valence-corrected chi connectivity index (χ2v) is 4.71. The van der Waals surface area contributed by atoms with E-state index in [1.165, 1.54) is 22.3 Å². The van der Waals surface area contributed by atoms with Crippen molar-refractivity contribution in [2.45, 2.75) is 13.8 Å². The van der Waals surface area contributed by atoms with Gasteiger partial charge < -0.3 is 0 Å². The van der Waals surface area contributed by atoms with Gasteiger partial charge in [-0.25, -0.2) is 0 Å². The minimum absolute atomic E-state index is 1.16. The van der Waals surface area contributed by atoms with Gasteiger partial charge in [0, 0.05) is 4.47 Å². The van der Waals surface area contributed by atoms with Crippen LogP contribution in [0, 0.1) is 13.8 Å².